The predicted octanol–water partition coefficient (Wildman–Crippen LogP) is 1.04. The van der Waals surface area contributed by atoms with Crippen LogP contribution in [0.1, 0.15) is 33.1 Å². The number of nitrogens with two attached hydrogens (primary N) is 1. The van der Waals surface area contributed by atoms with E-state index in [1.165, 1.54) is 6.42 Å². The van der Waals surface area contributed by atoms with Crippen LogP contribution in [-0.4, -0.2) is 18.8 Å². The zero-order chi connectivity index (χ0) is 8.97. The first-order valence-electron chi connectivity index (χ1n) is 4.87. The molecular formula is C9H20N2O. The molecule has 3 N–H and O–H groups in total. The summed E-state index contributed by atoms with van der Waals surface area (Å²) in [5.74, 6) is 6.09. The summed E-state index contributed by atoms with van der Waals surface area (Å²) in [5, 5.41) is 0. The highest BCUT2D eigenvalue weighted by Gasteiger charge is 2.28. The molecule has 1 saturated heterocycles. The van der Waals surface area contributed by atoms with E-state index in [2.05, 4.69) is 19.3 Å². The van der Waals surface area contributed by atoms with Gasteiger partial charge in [0.05, 0.1) is 6.10 Å². The van der Waals surface area contributed by atoms with E-state index in [-0.39, 0.29) is 0 Å². The fraction of sp³-hybridized carbons (Fsp3) is 1.00. The lowest BCUT2D eigenvalue weighted by Gasteiger charge is -2.27. The summed E-state index contributed by atoms with van der Waals surface area (Å²) in [6, 6.07) is 0.331. The molecule has 0 aliphatic carbocycles. The molecule has 0 aromatic carbocycles. The highest BCUT2D eigenvalue weighted by atomic mass is 16.5. The molecule has 3 atom stereocenters. The van der Waals surface area contributed by atoms with Crippen molar-refractivity contribution in [2.24, 2.45) is 11.8 Å². The summed E-state index contributed by atoms with van der Waals surface area (Å²) in [5.41, 5.74) is 2.87. The molecule has 0 aromatic rings. The lowest BCUT2D eigenvalue weighted by atomic mass is 9.93. The smallest absolute Gasteiger partial charge is 0.0744 e. The zero-order valence-corrected chi connectivity index (χ0v) is 8.05. The second-order valence-corrected chi connectivity index (χ2v) is 3.63. The Morgan fingerprint density at radius 3 is 2.83 bits per heavy atom. The molecule has 1 aliphatic heterocycles. The first-order chi connectivity index (χ1) is 5.79. The van der Waals surface area contributed by atoms with Gasteiger partial charge in [-0.05, 0) is 18.8 Å². The molecule has 12 heavy (non-hydrogen) atoms. The molecule has 0 aromatic heterocycles. The van der Waals surface area contributed by atoms with Gasteiger partial charge < -0.3 is 4.74 Å². The summed E-state index contributed by atoms with van der Waals surface area (Å²) < 4.78 is 5.59. The Kier molecular flexibility index (Phi) is 3.98. The van der Waals surface area contributed by atoms with Crippen LogP contribution >= 0.6 is 0 Å². The first kappa shape index (κ1) is 9.96. The Morgan fingerprint density at radius 1 is 1.67 bits per heavy atom. The first-order valence-corrected chi connectivity index (χ1v) is 4.87. The van der Waals surface area contributed by atoms with Gasteiger partial charge in [0.2, 0.25) is 0 Å². The Morgan fingerprint density at radius 2 is 2.42 bits per heavy atom. The van der Waals surface area contributed by atoms with Gasteiger partial charge in [-0.3, -0.25) is 11.3 Å². The van der Waals surface area contributed by atoms with Gasteiger partial charge >= 0.3 is 0 Å². The third kappa shape index (κ3) is 2.19. The van der Waals surface area contributed by atoms with Crippen molar-refractivity contribution in [3.63, 3.8) is 0 Å². The maximum absolute atomic E-state index is 5.59. The molecule has 1 rings (SSSR count). The Hall–Kier alpha value is -0.120. The molecular weight excluding hydrogens is 152 g/mol. The number of hydrogen-bond donors (Lipinski definition) is 2. The SMILES string of the molecule is CCC(C)C(NN)C1CCCO1. The van der Waals surface area contributed by atoms with Crippen molar-refractivity contribution in [2.75, 3.05) is 6.61 Å². The van der Waals surface area contributed by atoms with E-state index in [9.17, 15) is 0 Å². The molecule has 1 heterocycles. The quantitative estimate of drug-likeness (QED) is 0.492. The van der Waals surface area contributed by atoms with Crippen LogP contribution in [0.25, 0.3) is 0 Å². The number of hydrogen-bond acceptors (Lipinski definition) is 3. The van der Waals surface area contributed by atoms with Gasteiger partial charge in [0.25, 0.3) is 0 Å². The van der Waals surface area contributed by atoms with E-state index in [4.69, 9.17) is 10.6 Å². The van der Waals surface area contributed by atoms with Crippen molar-refractivity contribution in [1.29, 1.82) is 0 Å². The van der Waals surface area contributed by atoms with Gasteiger partial charge in [-0.15, -0.1) is 0 Å². The van der Waals surface area contributed by atoms with Crippen molar-refractivity contribution in [3.8, 4) is 0 Å². The molecule has 0 saturated carbocycles. The number of ether oxygens (including phenoxy) is 1. The van der Waals surface area contributed by atoms with E-state index in [1.807, 2.05) is 0 Å². The minimum atomic E-state index is 0.331. The molecule has 3 nitrogen and oxygen atoms in total. The van der Waals surface area contributed by atoms with Crippen LogP contribution < -0.4 is 11.3 Å². The fourth-order valence-corrected chi connectivity index (χ4v) is 1.78. The second-order valence-electron chi connectivity index (χ2n) is 3.63. The van der Waals surface area contributed by atoms with Crippen LogP contribution in [0, 0.1) is 5.92 Å². The standard InChI is InChI=1S/C9H20N2O/c1-3-7(2)9(11-10)8-5-4-6-12-8/h7-9,11H,3-6,10H2,1-2H3. The van der Waals surface area contributed by atoms with Gasteiger partial charge in [-0.2, -0.15) is 0 Å². The van der Waals surface area contributed by atoms with Crippen molar-refractivity contribution < 1.29 is 4.74 Å². The highest BCUT2D eigenvalue weighted by molar-refractivity contribution is 4.82. The molecule has 1 aliphatic rings. The van der Waals surface area contributed by atoms with Crippen LogP contribution in [-0.2, 0) is 4.74 Å². The van der Waals surface area contributed by atoms with Gasteiger partial charge in [-0.25, -0.2) is 0 Å². The molecule has 0 radical (unpaired) electrons. The summed E-state index contributed by atoms with van der Waals surface area (Å²) >= 11 is 0. The largest absolute Gasteiger partial charge is 0.377 e. The van der Waals surface area contributed by atoms with Crippen molar-refractivity contribution in [2.45, 2.75) is 45.3 Å². The maximum Gasteiger partial charge on any atom is 0.0744 e. The van der Waals surface area contributed by atoms with Crippen molar-refractivity contribution in [3.05, 3.63) is 0 Å². The molecule has 72 valence electrons. The van der Waals surface area contributed by atoms with Crippen LogP contribution in [0.4, 0.5) is 0 Å². The average molecular weight is 172 g/mol. The highest BCUT2D eigenvalue weighted by Crippen LogP contribution is 2.21. The molecule has 3 unspecified atom stereocenters. The van der Waals surface area contributed by atoms with E-state index in [1.54, 1.807) is 0 Å². The molecule has 3 heteroatoms. The Labute approximate surface area is 74.6 Å². The van der Waals surface area contributed by atoms with Crippen LogP contribution in [0.15, 0.2) is 0 Å². The maximum atomic E-state index is 5.59. The van der Waals surface area contributed by atoms with E-state index in [0.29, 0.717) is 18.1 Å². The number of hydrazine groups is 1. The zero-order valence-electron chi connectivity index (χ0n) is 8.05. The second kappa shape index (κ2) is 4.80. The molecule has 0 amide bonds. The summed E-state index contributed by atoms with van der Waals surface area (Å²) in [7, 11) is 0. The van der Waals surface area contributed by atoms with E-state index < -0.39 is 0 Å². The number of rotatable bonds is 4. The summed E-state index contributed by atoms with van der Waals surface area (Å²) in [6.07, 6.45) is 3.82. The average Bonchev–Trinajstić information content (AvgIpc) is 2.58. The lowest BCUT2D eigenvalue weighted by Crippen LogP contribution is -2.47. The van der Waals surface area contributed by atoms with E-state index in [0.717, 1.165) is 19.4 Å². The van der Waals surface area contributed by atoms with Crippen LogP contribution in [0.3, 0.4) is 0 Å². The van der Waals surface area contributed by atoms with Crippen molar-refractivity contribution >= 4 is 0 Å². The summed E-state index contributed by atoms with van der Waals surface area (Å²) in [4.78, 5) is 0. The minimum Gasteiger partial charge on any atom is -0.377 e. The fourth-order valence-electron chi connectivity index (χ4n) is 1.78. The van der Waals surface area contributed by atoms with Gasteiger partial charge in [0.1, 0.15) is 0 Å². The lowest BCUT2D eigenvalue weighted by molar-refractivity contribution is 0.0599. The normalized spacial score (nSPS) is 28.8. The predicted molar refractivity (Wildman–Crippen MR) is 49.5 cm³/mol. The van der Waals surface area contributed by atoms with Crippen LogP contribution in [0.2, 0.25) is 0 Å². The number of nitrogens with one attached hydrogen (secondary N) is 1. The van der Waals surface area contributed by atoms with Gasteiger partial charge in [0, 0.05) is 12.6 Å². The topological polar surface area (TPSA) is 47.3 Å². The molecule has 1 fully saturated rings. The minimum absolute atomic E-state index is 0.331. The Balaban J connectivity index is 2.42. The van der Waals surface area contributed by atoms with Crippen LogP contribution in [0.5, 0.6) is 0 Å². The third-order valence-electron chi connectivity index (χ3n) is 2.81. The third-order valence-corrected chi connectivity index (χ3v) is 2.81. The van der Waals surface area contributed by atoms with Gasteiger partial charge in [0.15, 0.2) is 0 Å². The van der Waals surface area contributed by atoms with Crippen molar-refractivity contribution in [1.82, 2.24) is 5.43 Å². The Bertz CT molecular complexity index is 124. The molecule has 0 bridgehead atoms. The van der Waals surface area contributed by atoms with Gasteiger partial charge in [-0.1, -0.05) is 20.3 Å². The van der Waals surface area contributed by atoms with E-state index >= 15 is 0 Å². The summed E-state index contributed by atoms with van der Waals surface area (Å²) in [6.45, 7) is 5.30. The monoisotopic (exact) mass is 172 g/mol. The molecule has 0 spiro atoms.